The second kappa shape index (κ2) is 6.40. The van der Waals surface area contributed by atoms with Gasteiger partial charge in [-0.3, -0.25) is 4.79 Å². The smallest absolute Gasteiger partial charge is 0.284 e. The standard InChI is InChI=1S/C16H19N7OS/c1-11(2)13-18-19-16-23(13)20-14(25-16)15(24)22-9-7-21(8-10-22)12-5-3-4-6-17-12/h3-6,11H,7-10H2,1-2H3. The van der Waals surface area contributed by atoms with Crippen LogP contribution in [0.5, 0.6) is 0 Å². The molecule has 1 fully saturated rings. The number of hydrogen-bond acceptors (Lipinski definition) is 7. The van der Waals surface area contributed by atoms with Crippen LogP contribution in [0.2, 0.25) is 0 Å². The van der Waals surface area contributed by atoms with Gasteiger partial charge in [0.05, 0.1) is 0 Å². The second-order valence-electron chi connectivity index (χ2n) is 6.28. The first-order valence-corrected chi connectivity index (χ1v) is 9.12. The highest BCUT2D eigenvalue weighted by molar-refractivity contribution is 7.18. The molecule has 0 aliphatic carbocycles. The van der Waals surface area contributed by atoms with Crippen molar-refractivity contribution in [2.45, 2.75) is 19.8 Å². The second-order valence-corrected chi connectivity index (χ2v) is 7.24. The molecule has 1 saturated heterocycles. The number of piperazine rings is 1. The van der Waals surface area contributed by atoms with Gasteiger partial charge >= 0.3 is 0 Å². The summed E-state index contributed by atoms with van der Waals surface area (Å²) in [6.07, 6.45) is 1.79. The zero-order valence-electron chi connectivity index (χ0n) is 14.2. The molecule has 9 heteroatoms. The molecule has 0 N–H and O–H groups in total. The minimum Gasteiger partial charge on any atom is -0.353 e. The Labute approximate surface area is 149 Å². The molecule has 0 spiro atoms. The van der Waals surface area contributed by atoms with Crippen LogP contribution in [0.25, 0.3) is 4.96 Å². The minimum absolute atomic E-state index is 0.0362. The van der Waals surface area contributed by atoms with E-state index in [1.54, 1.807) is 10.7 Å². The third-order valence-electron chi connectivity index (χ3n) is 4.25. The quantitative estimate of drug-likeness (QED) is 0.709. The molecular formula is C16H19N7OS. The average Bonchev–Trinajstić information content (AvgIpc) is 3.22. The Morgan fingerprint density at radius 2 is 1.96 bits per heavy atom. The van der Waals surface area contributed by atoms with Crippen molar-refractivity contribution in [3.63, 3.8) is 0 Å². The monoisotopic (exact) mass is 357 g/mol. The fourth-order valence-corrected chi connectivity index (χ4v) is 3.71. The van der Waals surface area contributed by atoms with Crippen molar-refractivity contribution in [1.29, 1.82) is 0 Å². The number of amides is 1. The summed E-state index contributed by atoms with van der Waals surface area (Å²) < 4.78 is 1.69. The number of nitrogens with zero attached hydrogens (tertiary/aromatic N) is 7. The first-order valence-electron chi connectivity index (χ1n) is 8.31. The van der Waals surface area contributed by atoms with Gasteiger partial charge in [-0.15, -0.1) is 15.3 Å². The van der Waals surface area contributed by atoms with Gasteiger partial charge in [-0.05, 0) is 12.1 Å². The molecule has 0 atom stereocenters. The van der Waals surface area contributed by atoms with E-state index in [2.05, 4.69) is 25.2 Å². The van der Waals surface area contributed by atoms with Crippen molar-refractivity contribution in [2.24, 2.45) is 0 Å². The highest BCUT2D eigenvalue weighted by Gasteiger charge is 2.26. The number of rotatable bonds is 3. The number of aromatic nitrogens is 5. The number of anilines is 1. The van der Waals surface area contributed by atoms with Crippen LogP contribution in [-0.2, 0) is 0 Å². The predicted octanol–water partition coefficient (Wildman–Crippen LogP) is 1.67. The van der Waals surface area contributed by atoms with E-state index in [0.29, 0.717) is 23.1 Å². The van der Waals surface area contributed by atoms with E-state index >= 15 is 0 Å². The van der Waals surface area contributed by atoms with Gasteiger partial charge in [-0.1, -0.05) is 31.3 Å². The molecule has 0 bridgehead atoms. The predicted molar refractivity (Wildman–Crippen MR) is 95.1 cm³/mol. The van der Waals surface area contributed by atoms with Crippen LogP contribution < -0.4 is 4.90 Å². The summed E-state index contributed by atoms with van der Waals surface area (Å²) >= 11 is 1.30. The van der Waals surface area contributed by atoms with Crippen LogP contribution in [0.4, 0.5) is 5.82 Å². The highest BCUT2D eigenvalue weighted by atomic mass is 32.1. The molecule has 130 valence electrons. The lowest BCUT2D eigenvalue weighted by Gasteiger charge is -2.34. The Balaban J connectivity index is 1.47. The molecule has 3 aromatic heterocycles. The lowest BCUT2D eigenvalue weighted by molar-refractivity contribution is 0.0745. The fourth-order valence-electron chi connectivity index (χ4n) is 2.89. The molecule has 0 unspecified atom stereocenters. The number of carbonyl (C=O) groups is 1. The molecule has 8 nitrogen and oxygen atoms in total. The van der Waals surface area contributed by atoms with Crippen LogP contribution in [0.3, 0.4) is 0 Å². The van der Waals surface area contributed by atoms with Gasteiger partial charge < -0.3 is 9.80 Å². The maximum atomic E-state index is 12.8. The average molecular weight is 357 g/mol. The number of hydrogen-bond donors (Lipinski definition) is 0. The van der Waals surface area contributed by atoms with Crippen molar-refractivity contribution >= 4 is 28.0 Å². The summed E-state index contributed by atoms with van der Waals surface area (Å²) in [6.45, 7) is 6.93. The van der Waals surface area contributed by atoms with Crippen LogP contribution in [0.15, 0.2) is 24.4 Å². The molecule has 0 saturated carbocycles. The molecule has 1 amide bonds. The van der Waals surface area contributed by atoms with Crippen LogP contribution in [-0.4, -0.2) is 61.8 Å². The number of pyridine rings is 1. The van der Waals surface area contributed by atoms with Gasteiger partial charge in [0.1, 0.15) is 5.82 Å². The molecule has 3 aromatic rings. The summed E-state index contributed by atoms with van der Waals surface area (Å²) in [5, 5.41) is 13.2. The van der Waals surface area contributed by atoms with Crippen molar-refractivity contribution in [3.05, 3.63) is 35.2 Å². The summed E-state index contributed by atoms with van der Waals surface area (Å²) in [5.41, 5.74) is 0. The minimum atomic E-state index is -0.0362. The molecule has 1 aliphatic heterocycles. The maximum Gasteiger partial charge on any atom is 0.284 e. The van der Waals surface area contributed by atoms with Crippen molar-refractivity contribution in [1.82, 2.24) is 29.7 Å². The molecule has 1 aliphatic rings. The molecular weight excluding hydrogens is 338 g/mol. The summed E-state index contributed by atoms with van der Waals surface area (Å²) in [7, 11) is 0. The maximum absolute atomic E-state index is 12.8. The zero-order chi connectivity index (χ0) is 17.4. The molecule has 25 heavy (non-hydrogen) atoms. The largest absolute Gasteiger partial charge is 0.353 e. The Bertz CT molecular complexity index is 880. The van der Waals surface area contributed by atoms with E-state index in [9.17, 15) is 4.79 Å². The molecule has 4 heterocycles. The third kappa shape index (κ3) is 2.95. The SMILES string of the molecule is CC(C)c1nnc2sc(C(=O)N3CCN(c4ccccn4)CC3)nn12. The van der Waals surface area contributed by atoms with Gasteiger partial charge in [-0.25, -0.2) is 4.98 Å². The van der Waals surface area contributed by atoms with Crippen LogP contribution >= 0.6 is 11.3 Å². The van der Waals surface area contributed by atoms with E-state index < -0.39 is 0 Å². The first-order chi connectivity index (χ1) is 12.1. The summed E-state index contributed by atoms with van der Waals surface area (Å²) in [6, 6.07) is 5.88. The Morgan fingerprint density at radius 1 is 1.16 bits per heavy atom. The van der Waals surface area contributed by atoms with E-state index in [4.69, 9.17) is 0 Å². The summed E-state index contributed by atoms with van der Waals surface area (Å²) in [4.78, 5) is 21.8. The van der Waals surface area contributed by atoms with Gasteiger partial charge in [0.15, 0.2) is 5.82 Å². The third-order valence-corrected chi connectivity index (χ3v) is 5.14. The van der Waals surface area contributed by atoms with Crippen LogP contribution in [0, 0.1) is 0 Å². The topological polar surface area (TPSA) is 79.5 Å². The van der Waals surface area contributed by atoms with Gasteiger partial charge in [-0.2, -0.15) is 4.52 Å². The summed E-state index contributed by atoms with van der Waals surface area (Å²) in [5.74, 6) is 1.91. The van der Waals surface area contributed by atoms with Gasteiger partial charge in [0.2, 0.25) is 9.97 Å². The van der Waals surface area contributed by atoms with Gasteiger partial charge in [0, 0.05) is 38.3 Å². The Morgan fingerprint density at radius 3 is 2.64 bits per heavy atom. The molecule has 0 aromatic carbocycles. The fraction of sp³-hybridized carbons (Fsp3) is 0.438. The van der Waals surface area contributed by atoms with E-state index in [-0.39, 0.29) is 11.8 Å². The van der Waals surface area contributed by atoms with Crippen molar-refractivity contribution in [2.75, 3.05) is 31.1 Å². The lowest BCUT2D eigenvalue weighted by Crippen LogP contribution is -2.49. The number of fused-ring (bicyclic) bond motifs is 1. The zero-order valence-corrected chi connectivity index (χ0v) is 15.0. The highest BCUT2D eigenvalue weighted by Crippen LogP contribution is 2.21. The van der Waals surface area contributed by atoms with E-state index in [0.717, 1.165) is 24.7 Å². The van der Waals surface area contributed by atoms with Crippen molar-refractivity contribution < 1.29 is 4.79 Å². The van der Waals surface area contributed by atoms with Crippen LogP contribution in [0.1, 0.15) is 35.4 Å². The Kier molecular flexibility index (Phi) is 4.08. The van der Waals surface area contributed by atoms with E-state index in [1.807, 2.05) is 36.9 Å². The lowest BCUT2D eigenvalue weighted by atomic mass is 10.2. The molecule has 4 rings (SSSR count). The first kappa shape index (κ1) is 15.9. The Hall–Kier alpha value is -2.55. The van der Waals surface area contributed by atoms with Gasteiger partial charge in [0.25, 0.3) is 5.91 Å². The van der Waals surface area contributed by atoms with E-state index in [1.165, 1.54) is 11.3 Å². The normalized spacial score (nSPS) is 15.3. The van der Waals surface area contributed by atoms with Crippen molar-refractivity contribution in [3.8, 4) is 0 Å². The molecule has 0 radical (unpaired) electrons. The number of carbonyl (C=O) groups excluding carboxylic acids is 1.